The van der Waals surface area contributed by atoms with Gasteiger partial charge in [0.1, 0.15) is 5.15 Å². The molecule has 0 aliphatic rings. The Morgan fingerprint density at radius 1 is 1.59 bits per heavy atom. The standard InChI is InChI=1S/C9H10ClN3O3S/c1-13-6-11-9(8(13)10)17(14,15)12-4-7-2-3-16-5-7/h2-3,5-6,12H,4H2,1H3. The van der Waals surface area contributed by atoms with Gasteiger partial charge in [0.15, 0.2) is 0 Å². The van der Waals surface area contributed by atoms with Crippen molar-refractivity contribution < 1.29 is 12.8 Å². The second-order valence-electron chi connectivity index (χ2n) is 3.41. The molecule has 0 saturated carbocycles. The Labute approximate surface area is 103 Å². The summed E-state index contributed by atoms with van der Waals surface area (Å²) in [5.74, 6) is 0. The van der Waals surface area contributed by atoms with Crippen LogP contribution in [0.1, 0.15) is 5.56 Å². The maximum Gasteiger partial charge on any atom is 0.261 e. The molecule has 2 heterocycles. The summed E-state index contributed by atoms with van der Waals surface area (Å²) in [7, 11) is -2.09. The molecule has 2 aromatic rings. The monoisotopic (exact) mass is 275 g/mol. The van der Waals surface area contributed by atoms with Crippen LogP contribution in [0, 0.1) is 0 Å². The highest BCUT2D eigenvalue weighted by atomic mass is 35.5. The first kappa shape index (κ1) is 12.2. The van der Waals surface area contributed by atoms with Crippen LogP contribution >= 0.6 is 11.6 Å². The molecule has 0 atom stereocenters. The van der Waals surface area contributed by atoms with Crippen LogP contribution in [0.5, 0.6) is 0 Å². The average molecular weight is 276 g/mol. The first-order chi connectivity index (χ1) is 8.00. The molecule has 1 N–H and O–H groups in total. The molecule has 6 nitrogen and oxygen atoms in total. The number of halogens is 1. The Balaban J connectivity index is 2.17. The van der Waals surface area contributed by atoms with Crippen molar-refractivity contribution in [3.05, 3.63) is 35.6 Å². The summed E-state index contributed by atoms with van der Waals surface area (Å²) in [6.45, 7) is 0.131. The molecular weight excluding hydrogens is 266 g/mol. The van der Waals surface area contributed by atoms with E-state index in [1.165, 1.54) is 23.4 Å². The Kier molecular flexibility index (Phi) is 3.23. The molecule has 0 aromatic carbocycles. The van der Waals surface area contributed by atoms with Crippen molar-refractivity contribution in [3.8, 4) is 0 Å². The van der Waals surface area contributed by atoms with E-state index in [0.717, 1.165) is 5.56 Å². The zero-order chi connectivity index (χ0) is 12.5. The third-order valence-corrected chi connectivity index (χ3v) is 4.03. The topological polar surface area (TPSA) is 77.1 Å². The summed E-state index contributed by atoms with van der Waals surface area (Å²) in [6.07, 6.45) is 4.27. The zero-order valence-corrected chi connectivity index (χ0v) is 10.5. The lowest BCUT2D eigenvalue weighted by molar-refractivity contribution is 0.560. The quantitative estimate of drug-likeness (QED) is 0.908. The van der Waals surface area contributed by atoms with Crippen LogP contribution in [0.15, 0.2) is 34.4 Å². The van der Waals surface area contributed by atoms with Crippen molar-refractivity contribution in [2.75, 3.05) is 0 Å². The lowest BCUT2D eigenvalue weighted by Crippen LogP contribution is -2.23. The van der Waals surface area contributed by atoms with Crippen LogP contribution in [-0.4, -0.2) is 18.0 Å². The van der Waals surface area contributed by atoms with Gasteiger partial charge in [-0.15, -0.1) is 0 Å². The van der Waals surface area contributed by atoms with Crippen LogP contribution in [0.4, 0.5) is 0 Å². The number of aryl methyl sites for hydroxylation is 1. The number of sulfonamides is 1. The van der Waals surface area contributed by atoms with Crippen LogP contribution in [0.3, 0.4) is 0 Å². The van der Waals surface area contributed by atoms with Gasteiger partial charge in [-0.1, -0.05) is 11.6 Å². The number of nitrogens with zero attached hydrogens (tertiary/aromatic N) is 2. The minimum atomic E-state index is -3.70. The minimum absolute atomic E-state index is 0.0738. The summed E-state index contributed by atoms with van der Waals surface area (Å²) in [4.78, 5) is 3.74. The second-order valence-corrected chi connectivity index (χ2v) is 5.45. The average Bonchev–Trinajstić information content (AvgIpc) is 2.88. The molecule has 0 unspecified atom stereocenters. The molecule has 17 heavy (non-hydrogen) atoms. The number of rotatable bonds is 4. The number of hydrogen-bond donors (Lipinski definition) is 1. The molecule has 0 saturated heterocycles. The molecule has 2 rings (SSSR count). The maximum atomic E-state index is 11.9. The van der Waals surface area contributed by atoms with E-state index >= 15 is 0 Å². The lowest BCUT2D eigenvalue weighted by Gasteiger charge is -2.03. The third kappa shape index (κ3) is 2.51. The molecule has 2 aromatic heterocycles. The van der Waals surface area contributed by atoms with Gasteiger partial charge >= 0.3 is 0 Å². The van der Waals surface area contributed by atoms with Crippen LogP contribution < -0.4 is 4.72 Å². The molecule has 0 bridgehead atoms. The van der Waals surface area contributed by atoms with E-state index in [9.17, 15) is 8.42 Å². The van der Waals surface area contributed by atoms with E-state index in [1.54, 1.807) is 13.1 Å². The number of nitrogens with one attached hydrogen (secondary N) is 1. The summed E-state index contributed by atoms with van der Waals surface area (Å²) in [5.41, 5.74) is 0.723. The second kappa shape index (κ2) is 4.52. The predicted octanol–water partition coefficient (Wildman–Crippen LogP) is 1.14. The lowest BCUT2D eigenvalue weighted by atomic mass is 10.4. The third-order valence-electron chi connectivity index (χ3n) is 2.14. The van der Waals surface area contributed by atoms with E-state index in [4.69, 9.17) is 16.0 Å². The fraction of sp³-hybridized carbons (Fsp3) is 0.222. The molecule has 0 aliphatic heterocycles. The zero-order valence-electron chi connectivity index (χ0n) is 8.92. The van der Waals surface area contributed by atoms with Gasteiger partial charge in [-0.25, -0.2) is 18.1 Å². The summed E-state index contributed by atoms with van der Waals surface area (Å²) < 4.78 is 32.4. The molecule has 0 aliphatic carbocycles. The first-order valence-corrected chi connectivity index (χ1v) is 6.54. The van der Waals surface area contributed by atoms with Crippen molar-refractivity contribution >= 4 is 21.6 Å². The minimum Gasteiger partial charge on any atom is -0.472 e. The molecule has 0 amide bonds. The number of aromatic nitrogens is 2. The van der Waals surface area contributed by atoms with Gasteiger partial charge in [0.05, 0.1) is 18.9 Å². The number of furan rings is 1. The molecule has 8 heteroatoms. The fourth-order valence-corrected chi connectivity index (χ4v) is 2.66. The van der Waals surface area contributed by atoms with E-state index in [2.05, 4.69) is 9.71 Å². The maximum absolute atomic E-state index is 11.9. The van der Waals surface area contributed by atoms with Crippen molar-refractivity contribution in [3.63, 3.8) is 0 Å². The van der Waals surface area contributed by atoms with Gasteiger partial charge in [0, 0.05) is 19.2 Å². The van der Waals surface area contributed by atoms with Crippen LogP contribution in [0.2, 0.25) is 5.15 Å². The van der Waals surface area contributed by atoms with Gasteiger partial charge < -0.3 is 8.98 Å². The Bertz CT molecular complexity index is 603. The normalized spacial score (nSPS) is 11.9. The van der Waals surface area contributed by atoms with Crippen molar-refractivity contribution in [2.24, 2.45) is 7.05 Å². The van der Waals surface area contributed by atoms with Crippen LogP contribution in [-0.2, 0) is 23.6 Å². The van der Waals surface area contributed by atoms with Gasteiger partial charge in [-0.2, -0.15) is 0 Å². The highest BCUT2D eigenvalue weighted by molar-refractivity contribution is 7.89. The molecular formula is C9H10ClN3O3S. The van der Waals surface area contributed by atoms with Gasteiger partial charge in [-0.3, -0.25) is 0 Å². The molecule has 0 radical (unpaired) electrons. The Hall–Kier alpha value is -1.31. The largest absolute Gasteiger partial charge is 0.472 e. The van der Waals surface area contributed by atoms with Crippen LogP contribution in [0.25, 0.3) is 0 Å². The summed E-state index contributed by atoms with van der Waals surface area (Å²) in [6, 6.07) is 1.67. The Morgan fingerprint density at radius 2 is 2.35 bits per heavy atom. The van der Waals surface area contributed by atoms with Gasteiger partial charge in [0.2, 0.25) is 5.03 Å². The molecule has 92 valence electrons. The summed E-state index contributed by atoms with van der Waals surface area (Å²) >= 11 is 5.82. The van der Waals surface area contributed by atoms with E-state index < -0.39 is 10.0 Å². The molecule has 0 spiro atoms. The van der Waals surface area contributed by atoms with Gasteiger partial charge in [-0.05, 0) is 6.07 Å². The number of hydrogen-bond acceptors (Lipinski definition) is 4. The smallest absolute Gasteiger partial charge is 0.261 e. The summed E-state index contributed by atoms with van der Waals surface area (Å²) in [5, 5.41) is -0.102. The Morgan fingerprint density at radius 3 is 2.88 bits per heavy atom. The highest BCUT2D eigenvalue weighted by Gasteiger charge is 2.21. The highest BCUT2D eigenvalue weighted by Crippen LogP contribution is 2.18. The van der Waals surface area contributed by atoms with E-state index in [-0.39, 0.29) is 16.7 Å². The van der Waals surface area contributed by atoms with Crippen molar-refractivity contribution in [1.29, 1.82) is 0 Å². The molecule has 0 fully saturated rings. The number of imidazole rings is 1. The van der Waals surface area contributed by atoms with E-state index in [1.807, 2.05) is 0 Å². The first-order valence-electron chi connectivity index (χ1n) is 4.68. The van der Waals surface area contributed by atoms with Crippen molar-refractivity contribution in [1.82, 2.24) is 14.3 Å². The SMILES string of the molecule is Cn1cnc(S(=O)(=O)NCc2ccoc2)c1Cl. The van der Waals surface area contributed by atoms with Crippen molar-refractivity contribution in [2.45, 2.75) is 11.6 Å². The van der Waals surface area contributed by atoms with E-state index in [0.29, 0.717) is 0 Å². The fourth-order valence-electron chi connectivity index (χ4n) is 1.21. The predicted molar refractivity (Wildman–Crippen MR) is 61.0 cm³/mol. The van der Waals surface area contributed by atoms with Gasteiger partial charge in [0.25, 0.3) is 10.0 Å².